The van der Waals surface area contributed by atoms with Crippen molar-refractivity contribution in [1.29, 1.82) is 0 Å². The molecule has 4 heterocycles. The maximum Gasteiger partial charge on any atom is 0.276 e. The van der Waals surface area contributed by atoms with Crippen molar-refractivity contribution in [2.75, 3.05) is 36.5 Å². The molecule has 1 saturated carbocycles. The molecule has 0 radical (unpaired) electrons. The molecule has 1 aliphatic carbocycles. The quantitative estimate of drug-likeness (QED) is 0.398. The minimum Gasteiger partial charge on any atom is -0.379 e. The van der Waals surface area contributed by atoms with E-state index >= 15 is 0 Å². The number of carbonyl (C=O) groups excluding carboxylic acids is 1. The Hall–Kier alpha value is -4.12. The summed E-state index contributed by atoms with van der Waals surface area (Å²) in [4.78, 5) is 28.2. The Balaban J connectivity index is 1.26. The Kier molecular flexibility index (Phi) is 5.92. The van der Waals surface area contributed by atoms with Gasteiger partial charge in [0.15, 0.2) is 11.6 Å². The molecule has 1 amide bonds. The minimum atomic E-state index is -0.955. The fourth-order valence-corrected chi connectivity index (χ4v) is 6.04. The van der Waals surface area contributed by atoms with Crippen LogP contribution in [0.25, 0.3) is 16.6 Å². The van der Waals surface area contributed by atoms with E-state index in [-0.39, 0.29) is 11.7 Å². The average Bonchev–Trinajstić information content (AvgIpc) is 3.38. The van der Waals surface area contributed by atoms with Gasteiger partial charge in [0.1, 0.15) is 11.4 Å². The predicted octanol–water partition coefficient (Wildman–Crippen LogP) is 4.45. The molecule has 11 heteroatoms. The molecule has 2 aromatic heterocycles. The maximum atomic E-state index is 14.4. The Morgan fingerprint density at radius 1 is 1.05 bits per heavy atom. The fraction of sp³-hybridized carbons (Fsp3) is 0.379. The van der Waals surface area contributed by atoms with Crippen molar-refractivity contribution in [1.82, 2.24) is 19.6 Å². The molecule has 1 atom stereocenters. The van der Waals surface area contributed by atoms with Gasteiger partial charge in [-0.25, -0.2) is 8.78 Å². The molecule has 206 valence electrons. The lowest BCUT2D eigenvalue weighted by molar-refractivity contribution is 0.0565. The number of para-hydroxylation sites is 1. The van der Waals surface area contributed by atoms with Crippen LogP contribution >= 0.6 is 0 Å². The van der Waals surface area contributed by atoms with E-state index in [1.165, 1.54) is 25.0 Å². The van der Waals surface area contributed by atoms with Crippen LogP contribution in [-0.4, -0.2) is 51.8 Å². The number of halogens is 2. The zero-order valence-corrected chi connectivity index (χ0v) is 21.8. The summed E-state index contributed by atoms with van der Waals surface area (Å²) in [5, 5.41) is 12.6. The van der Waals surface area contributed by atoms with E-state index in [2.05, 4.69) is 15.3 Å². The first-order valence-electron chi connectivity index (χ1n) is 13.6. The van der Waals surface area contributed by atoms with Gasteiger partial charge in [-0.15, -0.1) is 0 Å². The zero-order chi connectivity index (χ0) is 27.4. The van der Waals surface area contributed by atoms with Crippen LogP contribution in [0.3, 0.4) is 0 Å². The summed E-state index contributed by atoms with van der Waals surface area (Å²) < 4.78 is 37.1. The van der Waals surface area contributed by atoms with Crippen molar-refractivity contribution in [3.8, 4) is 5.69 Å². The molecular weight excluding hydrogens is 518 g/mol. The topological polar surface area (TPSA) is 94.3 Å². The van der Waals surface area contributed by atoms with E-state index in [0.29, 0.717) is 22.4 Å². The van der Waals surface area contributed by atoms with Crippen molar-refractivity contribution in [3.63, 3.8) is 0 Å². The monoisotopic (exact) mass is 546 g/mol. The molecule has 40 heavy (non-hydrogen) atoms. The third-order valence-electron chi connectivity index (χ3n) is 8.38. The van der Waals surface area contributed by atoms with Crippen LogP contribution < -0.4 is 15.8 Å². The number of amides is 1. The number of hydrogen-bond acceptors (Lipinski definition) is 6. The first-order chi connectivity index (χ1) is 19.4. The SMILES string of the molecule is O=C(Nc1ccc2c(cnn2[C@H]2CCCOC2)c1N1CCC2(CC2)C1)c1ccc(=O)n(-c2c(F)cccc2F)n1. The van der Waals surface area contributed by atoms with E-state index in [9.17, 15) is 18.4 Å². The second kappa shape index (κ2) is 9.51. The summed E-state index contributed by atoms with van der Waals surface area (Å²) >= 11 is 0. The summed E-state index contributed by atoms with van der Waals surface area (Å²) in [7, 11) is 0. The molecule has 2 saturated heterocycles. The van der Waals surface area contributed by atoms with Crippen molar-refractivity contribution in [2.24, 2.45) is 5.41 Å². The van der Waals surface area contributed by atoms with Crippen molar-refractivity contribution in [3.05, 3.63) is 76.3 Å². The van der Waals surface area contributed by atoms with Crippen LogP contribution in [0.4, 0.5) is 20.2 Å². The van der Waals surface area contributed by atoms with Gasteiger partial charge in [0.05, 0.1) is 35.7 Å². The highest BCUT2D eigenvalue weighted by Gasteiger charge is 2.48. The van der Waals surface area contributed by atoms with Gasteiger partial charge in [0.2, 0.25) is 0 Å². The molecule has 4 aromatic rings. The van der Waals surface area contributed by atoms with Crippen LogP contribution in [0.5, 0.6) is 0 Å². The average molecular weight is 547 g/mol. The van der Waals surface area contributed by atoms with Gasteiger partial charge in [-0.2, -0.15) is 14.9 Å². The Morgan fingerprint density at radius 2 is 1.88 bits per heavy atom. The first kappa shape index (κ1) is 24.9. The molecule has 2 aliphatic heterocycles. The second-order valence-corrected chi connectivity index (χ2v) is 11.0. The van der Waals surface area contributed by atoms with E-state index < -0.39 is 28.8 Å². The van der Waals surface area contributed by atoms with E-state index in [1.807, 2.05) is 23.0 Å². The van der Waals surface area contributed by atoms with Crippen molar-refractivity contribution >= 4 is 28.2 Å². The Morgan fingerprint density at radius 3 is 2.60 bits per heavy atom. The Labute approximate surface area is 228 Å². The minimum absolute atomic E-state index is 0.150. The lowest BCUT2D eigenvalue weighted by Crippen LogP contribution is -2.27. The van der Waals surface area contributed by atoms with Crippen molar-refractivity contribution < 1.29 is 18.3 Å². The molecule has 7 rings (SSSR count). The van der Waals surface area contributed by atoms with E-state index in [0.717, 1.165) is 73.7 Å². The standard InChI is InChI=1S/C29H28F2N6O3/c30-20-4-1-5-21(31)27(20)37-25(38)9-7-23(34-37)28(39)33-22-6-8-24-19(15-32-36(24)18-3-2-14-40-16-18)26(22)35-13-12-29(17-35)10-11-29/h1,4-9,15,18H,2-3,10-14,16-17H2,(H,33,39)/t18-/m0/s1. The highest BCUT2D eigenvalue weighted by atomic mass is 19.1. The molecular formula is C29H28F2N6O3. The van der Waals surface area contributed by atoms with Gasteiger partial charge in [-0.05, 0) is 67.9 Å². The van der Waals surface area contributed by atoms with Crippen molar-refractivity contribution in [2.45, 2.75) is 38.1 Å². The molecule has 1 spiro atoms. The number of benzene rings is 2. The van der Waals surface area contributed by atoms with Crippen LogP contribution in [0.15, 0.2) is 53.5 Å². The molecule has 0 bridgehead atoms. The number of carbonyl (C=O) groups is 1. The number of fused-ring (bicyclic) bond motifs is 1. The van der Waals surface area contributed by atoms with Gasteiger partial charge in [0, 0.05) is 31.1 Å². The molecule has 3 aliphatic rings. The summed E-state index contributed by atoms with van der Waals surface area (Å²) in [5.74, 6) is -2.51. The number of nitrogens with zero attached hydrogens (tertiary/aromatic N) is 5. The fourth-order valence-electron chi connectivity index (χ4n) is 6.04. The van der Waals surface area contributed by atoms with Gasteiger partial charge in [-0.3, -0.25) is 14.3 Å². The first-order valence-corrected chi connectivity index (χ1v) is 13.6. The summed E-state index contributed by atoms with van der Waals surface area (Å²) in [6.45, 7) is 3.15. The summed E-state index contributed by atoms with van der Waals surface area (Å²) in [6.07, 6.45) is 7.33. The molecule has 3 fully saturated rings. The van der Waals surface area contributed by atoms with E-state index in [4.69, 9.17) is 9.84 Å². The van der Waals surface area contributed by atoms with Crippen LogP contribution in [0, 0.1) is 17.0 Å². The number of anilines is 2. The van der Waals surface area contributed by atoms with E-state index in [1.54, 1.807) is 0 Å². The summed E-state index contributed by atoms with van der Waals surface area (Å²) in [5.41, 5.74) is 1.27. The normalized spacial score (nSPS) is 19.9. The number of hydrogen-bond donors (Lipinski definition) is 1. The Bertz CT molecular complexity index is 1670. The number of ether oxygens (including phenoxy) is 1. The third kappa shape index (κ3) is 4.25. The number of nitrogens with one attached hydrogen (secondary N) is 1. The molecule has 9 nitrogen and oxygen atoms in total. The van der Waals surface area contributed by atoms with Gasteiger partial charge >= 0.3 is 0 Å². The zero-order valence-electron chi connectivity index (χ0n) is 21.8. The van der Waals surface area contributed by atoms with Gasteiger partial charge in [-0.1, -0.05) is 6.07 Å². The summed E-state index contributed by atoms with van der Waals surface area (Å²) in [6, 6.07) is 9.54. The van der Waals surface area contributed by atoms with Gasteiger partial charge in [0.25, 0.3) is 11.5 Å². The largest absolute Gasteiger partial charge is 0.379 e. The van der Waals surface area contributed by atoms with Crippen LogP contribution in [0.2, 0.25) is 0 Å². The highest BCUT2D eigenvalue weighted by Crippen LogP contribution is 2.54. The smallest absolute Gasteiger partial charge is 0.276 e. The van der Waals surface area contributed by atoms with Gasteiger partial charge < -0.3 is 15.0 Å². The molecule has 1 N–H and O–H groups in total. The number of aromatic nitrogens is 4. The van der Waals surface area contributed by atoms with Crippen LogP contribution in [-0.2, 0) is 4.74 Å². The highest BCUT2D eigenvalue weighted by molar-refractivity contribution is 6.09. The molecule has 0 unspecified atom stereocenters. The second-order valence-electron chi connectivity index (χ2n) is 11.0. The predicted molar refractivity (Wildman–Crippen MR) is 145 cm³/mol. The van der Waals surface area contributed by atoms with Crippen LogP contribution in [0.1, 0.15) is 48.6 Å². The lowest BCUT2D eigenvalue weighted by Gasteiger charge is -2.25. The maximum absolute atomic E-state index is 14.4. The number of rotatable bonds is 5. The third-order valence-corrected chi connectivity index (χ3v) is 8.38. The molecule has 2 aromatic carbocycles. The lowest BCUT2D eigenvalue weighted by atomic mass is 10.1.